The van der Waals surface area contributed by atoms with Crippen LogP contribution in [0.25, 0.3) is 22.4 Å². The van der Waals surface area contributed by atoms with Crippen LogP contribution in [-0.4, -0.2) is 29.5 Å². The minimum Gasteiger partial charge on any atom is -0.383 e. The Morgan fingerprint density at radius 1 is 0.719 bits per heavy atom. The lowest BCUT2D eigenvalue weighted by Crippen LogP contribution is -2.01. The fraction of sp³-hybridized carbons (Fsp3) is 0.0909. The standard InChI is InChI=1S/C22H18Cl2N8/c23-17-7-3-1-5-13(17)9-31-12-16(20(26)29-31)21-27-19(25)15-11-32(30-22(15)28-21)10-14-6-2-4-8-18(14)24/h1-8,11-12H,9-10H2,(H2,26,29)(H2,25,27,28,30). The summed E-state index contributed by atoms with van der Waals surface area (Å²) in [5.74, 6) is 0.973. The summed E-state index contributed by atoms with van der Waals surface area (Å²) in [5.41, 5.74) is 15.3. The second-order valence-corrected chi connectivity index (χ2v) is 8.12. The van der Waals surface area contributed by atoms with E-state index in [1.807, 2.05) is 54.7 Å². The highest BCUT2D eigenvalue weighted by Crippen LogP contribution is 2.27. The Morgan fingerprint density at radius 2 is 1.31 bits per heavy atom. The molecule has 0 bridgehead atoms. The third-order valence-corrected chi connectivity index (χ3v) is 5.81. The maximum Gasteiger partial charge on any atom is 0.186 e. The summed E-state index contributed by atoms with van der Waals surface area (Å²) >= 11 is 12.5. The summed E-state index contributed by atoms with van der Waals surface area (Å²) in [6, 6.07) is 15.2. The van der Waals surface area contributed by atoms with Crippen LogP contribution in [0.4, 0.5) is 11.6 Å². The zero-order valence-electron chi connectivity index (χ0n) is 16.8. The number of fused-ring (bicyclic) bond motifs is 1. The van der Waals surface area contributed by atoms with Crippen molar-refractivity contribution in [1.29, 1.82) is 0 Å². The van der Waals surface area contributed by atoms with Crippen LogP contribution < -0.4 is 11.5 Å². The van der Waals surface area contributed by atoms with Crippen molar-refractivity contribution in [3.8, 4) is 11.4 Å². The summed E-state index contributed by atoms with van der Waals surface area (Å²) in [5, 5.41) is 10.9. The molecule has 3 aromatic heterocycles. The summed E-state index contributed by atoms with van der Waals surface area (Å²) < 4.78 is 3.44. The van der Waals surface area contributed by atoms with Crippen LogP contribution in [0.5, 0.6) is 0 Å². The van der Waals surface area contributed by atoms with Gasteiger partial charge in [0.15, 0.2) is 17.3 Å². The van der Waals surface area contributed by atoms with Gasteiger partial charge in [0.1, 0.15) is 5.82 Å². The molecule has 0 fully saturated rings. The maximum atomic E-state index is 6.27. The highest BCUT2D eigenvalue weighted by molar-refractivity contribution is 6.31. The van der Waals surface area contributed by atoms with Crippen molar-refractivity contribution in [1.82, 2.24) is 29.5 Å². The van der Waals surface area contributed by atoms with E-state index in [1.54, 1.807) is 15.6 Å². The number of hydrogen-bond donors (Lipinski definition) is 2. The molecule has 0 aliphatic rings. The zero-order chi connectivity index (χ0) is 22.2. The molecule has 10 heteroatoms. The van der Waals surface area contributed by atoms with Crippen LogP contribution in [0.1, 0.15) is 11.1 Å². The average molecular weight is 465 g/mol. The maximum absolute atomic E-state index is 6.27. The summed E-state index contributed by atoms with van der Waals surface area (Å²) in [7, 11) is 0. The van der Waals surface area contributed by atoms with Crippen LogP contribution in [-0.2, 0) is 13.1 Å². The van der Waals surface area contributed by atoms with E-state index in [-0.39, 0.29) is 0 Å². The van der Waals surface area contributed by atoms with E-state index in [0.29, 0.717) is 57.2 Å². The number of rotatable bonds is 5. The van der Waals surface area contributed by atoms with E-state index < -0.39 is 0 Å². The van der Waals surface area contributed by atoms with Gasteiger partial charge in [0, 0.05) is 22.4 Å². The highest BCUT2D eigenvalue weighted by atomic mass is 35.5. The Hall–Kier alpha value is -3.62. The second kappa shape index (κ2) is 8.14. The van der Waals surface area contributed by atoms with Gasteiger partial charge in [-0.2, -0.15) is 10.2 Å². The van der Waals surface area contributed by atoms with Gasteiger partial charge in [-0.1, -0.05) is 59.6 Å². The monoisotopic (exact) mass is 464 g/mol. The first-order chi connectivity index (χ1) is 15.5. The molecule has 160 valence electrons. The highest BCUT2D eigenvalue weighted by Gasteiger charge is 2.16. The van der Waals surface area contributed by atoms with Crippen LogP contribution in [0.2, 0.25) is 10.0 Å². The van der Waals surface area contributed by atoms with Gasteiger partial charge in [-0.05, 0) is 23.3 Å². The molecular formula is C22H18Cl2N8. The van der Waals surface area contributed by atoms with Crippen LogP contribution in [0.3, 0.4) is 0 Å². The van der Waals surface area contributed by atoms with Gasteiger partial charge in [-0.15, -0.1) is 0 Å². The van der Waals surface area contributed by atoms with Crippen molar-refractivity contribution in [2.45, 2.75) is 13.1 Å². The van der Waals surface area contributed by atoms with Gasteiger partial charge in [-0.25, -0.2) is 9.97 Å². The quantitative estimate of drug-likeness (QED) is 0.401. The molecule has 0 saturated carbocycles. The summed E-state index contributed by atoms with van der Waals surface area (Å²) in [6.07, 6.45) is 3.59. The molecule has 3 heterocycles. The Kier molecular flexibility index (Phi) is 5.16. The van der Waals surface area contributed by atoms with E-state index in [0.717, 1.165) is 11.1 Å². The van der Waals surface area contributed by atoms with E-state index >= 15 is 0 Å². The van der Waals surface area contributed by atoms with E-state index in [2.05, 4.69) is 20.2 Å². The van der Waals surface area contributed by atoms with Crippen molar-refractivity contribution in [3.63, 3.8) is 0 Å². The van der Waals surface area contributed by atoms with Crippen molar-refractivity contribution < 1.29 is 0 Å². The first kappa shape index (κ1) is 20.3. The summed E-state index contributed by atoms with van der Waals surface area (Å²) in [6.45, 7) is 0.955. The Labute approximate surface area is 193 Å². The van der Waals surface area contributed by atoms with Gasteiger partial charge < -0.3 is 11.5 Å². The predicted molar refractivity (Wildman–Crippen MR) is 126 cm³/mol. The SMILES string of the molecule is Nc1nn(Cc2ccccc2Cl)cc1-c1nc(N)c2cn(Cc3ccccc3Cl)nc2n1. The molecule has 32 heavy (non-hydrogen) atoms. The minimum atomic E-state index is 0.298. The number of halogens is 2. The molecule has 0 spiro atoms. The molecular weight excluding hydrogens is 447 g/mol. The average Bonchev–Trinajstić information content (AvgIpc) is 3.34. The molecule has 2 aromatic carbocycles. The largest absolute Gasteiger partial charge is 0.383 e. The first-order valence-electron chi connectivity index (χ1n) is 9.78. The number of aromatic nitrogens is 6. The number of nitrogen functional groups attached to an aromatic ring is 2. The molecule has 0 aliphatic carbocycles. The molecule has 0 radical (unpaired) electrons. The third-order valence-electron chi connectivity index (χ3n) is 5.07. The normalized spacial score (nSPS) is 11.3. The van der Waals surface area contributed by atoms with E-state index in [1.165, 1.54) is 0 Å². The molecule has 0 saturated heterocycles. The van der Waals surface area contributed by atoms with Crippen molar-refractivity contribution in [2.75, 3.05) is 11.5 Å². The van der Waals surface area contributed by atoms with Crippen LogP contribution >= 0.6 is 23.2 Å². The van der Waals surface area contributed by atoms with Crippen molar-refractivity contribution in [2.24, 2.45) is 0 Å². The fourth-order valence-electron chi connectivity index (χ4n) is 3.47. The minimum absolute atomic E-state index is 0.298. The summed E-state index contributed by atoms with van der Waals surface area (Å²) in [4.78, 5) is 9.01. The Morgan fingerprint density at radius 3 is 1.94 bits per heavy atom. The van der Waals surface area contributed by atoms with Gasteiger partial charge in [-0.3, -0.25) is 9.36 Å². The lowest BCUT2D eigenvalue weighted by atomic mass is 10.2. The number of anilines is 2. The van der Waals surface area contributed by atoms with E-state index in [4.69, 9.17) is 34.7 Å². The lowest BCUT2D eigenvalue weighted by Gasteiger charge is -2.03. The zero-order valence-corrected chi connectivity index (χ0v) is 18.3. The predicted octanol–water partition coefficient (Wildman–Crippen LogP) is 4.26. The van der Waals surface area contributed by atoms with E-state index in [9.17, 15) is 0 Å². The first-order valence-corrected chi connectivity index (χ1v) is 10.5. The topological polar surface area (TPSA) is 113 Å². The van der Waals surface area contributed by atoms with Gasteiger partial charge in [0.25, 0.3) is 0 Å². The molecule has 5 aromatic rings. The van der Waals surface area contributed by atoms with Crippen molar-refractivity contribution >= 4 is 45.9 Å². The molecule has 0 atom stereocenters. The van der Waals surface area contributed by atoms with Crippen LogP contribution in [0, 0.1) is 0 Å². The van der Waals surface area contributed by atoms with Gasteiger partial charge in [0.05, 0.1) is 24.0 Å². The molecule has 8 nitrogen and oxygen atoms in total. The van der Waals surface area contributed by atoms with Crippen molar-refractivity contribution in [3.05, 3.63) is 82.1 Å². The Bertz CT molecular complexity index is 1440. The molecule has 0 unspecified atom stereocenters. The number of benzene rings is 2. The number of nitrogens with zero attached hydrogens (tertiary/aromatic N) is 6. The Balaban J connectivity index is 1.48. The van der Waals surface area contributed by atoms with Crippen LogP contribution in [0.15, 0.2) is 60.9 Å². The molecule has 0 amide bonds. The smallest absolute Gasteiger partial charge is 0.186 e. The van der Waals surface area contributed by atoms with Gasteiger partial charge >= 0.3 is 0 Å². The lowest BCUT2D eigenvalue weighted by molar-refractivity contribution is 0.690. The molecule has 0 aliphatic heterocycles. The third kappa shape index (κ3) is 3.86. The van der Waals surface area contributed by atoms with Gasteiger partial charge in [0.2, 0.25) is 0 Å². The number of nitrogens with two attached hydrogens (primary N) is 2. The fourth-order valence-corrected chi connectivity index (χ4v) is 3.86. The molecule has 4 N–H and O–H groups in total. The molecule has 5 rings (SSSR count). The second-order valence-electron chi connectivity index (χ2n) is 7.30. The number of hydrogen-bond acceptors (Lipinski definition) is 6.